The van der Waals surface area contributed by atoms with Crippen molar-refractivity contribution >= 4 is 11.3 Å². The Hall–Kier alpha value is -1.32. The highest BCUT2D eigenvalue weighted by Gasteiger charge is 2.07. The fourth-order valence-corrected chi connectivity index (χ4v) is 2.92. The van der Waals surface area contributed by atoms with Crippen LogP contribution in [0.4, 0.5) is 0 Å². The summed E-state index contributed by atoms with van der Waals surface area (Å²) >= 11 is 1.85. The smallest absolute Gasteiger partial charge is 0.119 e. The first kappa shape index (κ1) is 15.1. The van der Waals surface area contributed by atoms with Gasteiger partial charge in [0.2, 0.25) is 0 Å². The lowest BCUT2D eigenvalue weighted by Gasteiger charge is -2.06. The van der Waals surface area contributed by atoms with E-state index in [2.05, 4.69) is 51.2 Å². The Balaban J connectivity index is 1.94. The highest BCUT2D eigenvalue weighted by molar-refractivity contribution is 7.12. The third-order valence-electron chi connectivity index (χ3n) is 3.17. The van der Waals surface area contributed by atoms with Crippen molar-refractivity contribution in [1.29, 1.82) is 0 Å². The second-order valence-corrected chi connectivity index (χ2v) is 6.77. The molecular weight excluding hydrogens is 266 g/mol. The molecule has 0 unspecified atom stereocenters. The van der Waals surface area contributed by atoms with Crippen molar-refractivity contribution in [3.8, 4) is 5.75 Å². The van der Waals surface area contributed by atoms with E-state index in [1.165, 1.54) is 20.9 Å². The van der Waals surface area contributed by atoms with Crippen LogP contribution in [-0.2, 0) is 13.2 Å². The molecule has 0 aliphatic carbocycles. The van der Waals surface area contributed by atoms with Crippen molar-refractivity contribution in [2.75, 3.05) is 0 Å². The SMILES string of the molecule is Cc1ccc(OCc2cc(CNC(C)C)sc2C)cc1. The highest BCUT2D eigenvalue weighted by Crippen LogP contribution is 2.23. The van der Waals surface area contributed by atoms with Crippen molar-refractivity contribution in [3.63, 3.8) is 0 Å². The molecule has 0 fully saturated rings. The number of hydrogen-bond acceptors (Lipinski definition) is 3. The van der Waals surface area contributed by atoms with Crippen molar-refractivity contribution in [2.24, 2.45) is 0 Å². The van der Waals surface area contributed by atoms with Gasteiger partial charge in [0.15, 0.2) is 0 Å². The summed E-state index contributed by atoms with van der Waals surface area (Å²) in [6.07, 6.45) is 0. The molecule has 1 N–H and O–H groups in total. The van der Waals surface area contributed by atoms with E-state index < -0.39 is 0 Å². The number of nitrogens with one attached hydrogen (secondary N) is 1. The number of benzene rings is 1. The second kappa shape index (κ2) is 6.91. The molecule has 0 amide bonds. The Labute approximate surface area is 125 Å². The van der Waals surface area contributed by atoms with E-state index in [0.29, 0.717) is 12.6 Å². The lowest BCUT2D eigenvalue weighted by atomic mass is 10.2. The Kier molecular flexibility index (Phi) is 5.21. The van der Waals surface area contributed by atoms with Crippen LogP contribution in [0, 0.1) is 13.8 Å². The molecule has 0 aliphatic heterocycles. The van der Waals surface area contributed by atoms with Crippen LogP contribution in [0.15, 0.2) is 30.3 Å². The fraction of sp³-hybridized carbons (Fsp3) is 0.412. The number of aryl methyl sites for hydroxylation is 2. The van der Waals surface area contributed by atoms with Crippen LogP contribution in [0.3, 0.4) is 0 Å². The van der Waals surface area contributed by atoms with E-state index in [-0.39, 0.29) is 0 Å². The van der Waals surface area contributed by atoms with Gasteiger partial charge in [0.25, 0.3) is 0 Å². The van der Waals surface area contributed by atoms with E-state index in [0.717, 1.165) is 12.3 Å². The summed E-state index contributed by atoms with van der Waals surface area (Å²) in [6.45, 7) is 10.2. The predicted octanol–water partition coefficient (Wildman–Crippen LogP) is 4.44. The van der Waals surface area contributed by atoms with Gasteiger partial charge in [0.05, 0.1) is 0 Å². The van der Waals surface area contributed by atoms with Gasteiger partial charge in [-0.15, -0.1) is 11.3 Å². The monoisotopic (exact) mass is 289 g/mol. The average molecular weight is 289 g/mol. The van der Waals surface area contributed by atoms with E-state index in [9.17, 15) is 0 Å². The number of hydrogen-bond donors (Lipinski definition) is 1. The van der Waals surface area contributed by atoms with Gasteiger partial charge in [-0.1, -0.05) is 31.5 Å². The van der Waals surface area contributed by atoms with Gasteiger partial charge < -0.3 is 10.1 Å². The van der Waals surface area contributed by atoms with Gasteiger partial charge in [-0.2, -0.15) is 0 Å². The maximum absolute atomic E-state index is 5.85. The zero-order valence-electron chi connectivity index (χ0n) is 12.7. The van der Waals surface area contributed by atoms with Crippen molar-refractivity contribution in [2.45, 2.75) is 46.9 Å². The molecule has 20 heavy (non-hydrogen) atoms. The second-order valence-electron chi connectivity index (χ2n) is 5.43. The van der Waals surface area contributed by atoms with Gasteiger partial charge in [0, 0.05) is 27.9 Å². The maximum Gasteiger partial charge on any atom is 0.119 e. The molecule has 0 saturated carbocycles. The van der Waals surface area contributed by atoms with Crippen LogP contribution >= 0.6 is 11.3 Å². The molecular formula is C17H23NOS. The summed E-state index contributed by atoms with van der Waals surface area (Å²) in [5.41, 5.74) is 2.54. The zero-order valence-corrected chi connectivity index (χ0v) is 13.5. The van der Waals surface area contributed by atoms with Crippen molar-refractivity contribution in [3.05, 3.63) is 51.2 Å². The summed E-state index contributed by atoms with van der Waals surface area (Å²) in [7, 11) is 0. The normalized spacial score (nSPS) is 11.1. The summed E-state index contributed by atoms with van der Waals surface area (Å²) in [4.78, 5) is 2.72. The Morgan fingerprint density at radius 2 is 1.85 bits per heavy atom. The maximum atomic E-state index is 5.85. The van der Waals surface area contributed by atoms with E-state index in [1.54, 1.807) is 0 Å². The minimum Gasteiger partial charge on any atom is -0.489 e. The summed E-state index contributed by atoms with van der Waals surface area (Å²) in [5, 5.41) is 3.45. The fourth-order valence-electron chi connectivity index (χ4n) is 1.92. The first-order valence-corrected chi connectivity index (χ1v) is 7.87. The largest absolute Gasteiger partial charge is 0.489 e. The Morgan fingerprint density at radius 3 is 2.50 bits per heavy atom. The van der Waals surface area contributed by atoms with Gasteiger partial charge in [0.1, 0.15) is 12.4 Å². The molecule has 108 valence electrons. The molecule has 0 bridgehead atoms. The first-order valence-electron chi connectivity index (χ1n) is 7.05. The van der Waals surface area contributed by atoms with E-state index in [1.807, 2.05) is 23.5 Å². The minimum absolute atomic E-state index is 0.518. The molecule has 1 heterocycles. The van der Waals surface area contributed by atoms with E-state index >= 15 is 0 Å². The van der Waals surface area contributed by atoms with Crippen LogP contribution in [0.1, 0.15) is 34.7 Å². The number of thiophene rings is 1. The van der Waals surface area contributed by atoms with E-state index in [4.69, 9.17) is 4.74 Å². The third-order valence-corrected chi connectivity index (χ3v) is 4.26. The van der Waals surface area contributed by atoms with Crippen LogP contribution in [0.5, 0.6) is 5.75 Å². The van der Waals surface area contributed by atoms with Crippen molar-refractivity contribution < 1.29 is 4.74 Å². The van der Waals surface area contributed by atoms with Gasteiger partial charge >= 0.3 is 0 Å². The molecule has 1 aromatic heterocycles. The quantitative estimate of drug-likeness (QED) is 0.848. The summed E-state index contributed by atoms with van der Waals surface area (Å²) in [5.74, 6) is 0.933. The molecule has 0 saturated heterocycles. The standard InChI is InChI=1S/C17H23NOS/c1-12(2)18-10-17-9-15(14(4)20-17)11-19-16-7-5-13(3)6-8-16/h5-9,12,18H,10-11H2,1-4H3. The molecule has 0 aliphatic rings. The molecule has 2 nitrogen and oxygen atoms in total. The lowest BCUT2D eigenvalue weighted by Crippen LogP contribution is -2.21. The predicted molar refractivity (Wildman–Crippen MR) is 86.5 cm³/mol. The van der Waals surface area contributed by atoms with Gasteiger partial charge in [-0.25, -0.2) is 0 Å². The van der Waals surface area contributed by atoms with Gasteiger partial charge in [-0.05, 0) is 32.0 Å². The Bertz CT molecular complexity index is 543. The molecule has 3 heteroatoms. The topological polar surface area (TPSA) is 21.3 Å². The molecule has 0 atom stereocenters. The molecule has 2 rings (SSSR count). The lowest BCUT2D eigenvalue weighted by molar-refractivity contribution is 0.306. The van der Waals surface area contributed by atoms with Gasteiger partial charge in [-0.3, -0.25) is 0 Å². The molecule has 1 aromatic carbocycles. The van der Waals surface area contributed by atoms with Crippen molar-refractivity contribution in [1.82, 2.24) is 5.32 Å². The van der Waals surface area contributed by atoms with Crippen LogP contribution in [0.2, 0.25) is 0 Å². The molecule has 0 radical (unpaired) electrons. The minimum atomic E-state index is 0.518. The molecule has 0 spiro atoms. The molecule has 2 aromatic rings. The Morgan fingerprint density at radius 1 is 1.15 bits per heavy atom. The van der Waals surface area contributed by atoms with Crippen LogP contribution in [-0.4, -0.2) is 6.04 Å². The van der Waals surface area contributed by atoms with Crippen LogP contribution < -0.4 is 10.1 Å². The third kappa shape index (κ3) is 4.36. The number of rotatable bonds is 6. The number of ether oxygens (including phenoxy) is 1. The summed E-state index contributed by atoms with van der Waals surface area (Å²) in [6, 6.07) is 11.0. The average Bonchev–Trinajstić information content (AvgIpc) is 2.76. The zero-order chi connectivity index (χ0) is 14.5. The summed E-state index contributed by atoms with van der Waals surface area (Å²) < 4.78 is 5.85. The van der Waals surface area contributed by atoms with Crippen LogP contribution in [0.25, 0.3) is 0 Å². The first-order chi connectivity index (χ1) is 9.54. The highest BCUT2D eigenvalue weighted by atomic mass is 32.1.